The van der Waals surface area contributed by atoms with Crippen LogP contribution in [0.5, 0.6) is 0 Å². The van der Waals surface area contributed by atoms with E-state index in [1.165, 1.54) is 7.11 Å². The van der Waals surface area contributed by atoms with Crippen molar-refractivity contribution in [3.8, 4) is 0 Å². The van der Waals surface area contributed by atoms with Crippen molar-refractivity contribution in [1.29, 1.82) is 0 Å². The maximum absolute atomic E-state index is 13.0. The van der Waals surface area contributed by atoms with Crippen LogP contribution in [-0.4, -0.2) is 50.1 Å². The van der Waals surface area contributed by atoms with E-state index in [0.29, 0.717) is 19.0 Å². The third-order valence-electron chi connectivity index (χ3n) is 4.29. The monoisotopic (exact) mass is 298 g/mol. The molecule has 1 atom stereocenters. The maximum Gasteiger partial charge on any atom is 0.307 e. The van der Waals surface area contributed by atoms with Crippen LogP contribution in [0.2, 0.25) is 0 Å². The summed E-state index contributed by atoms with van der Waals surface area (Å²) in [5.74, 6) is 0.315. The van der Waals surface area contributed by atoms with Crippen LogP contribution in [0.25, 0.3) is 0 Å². The van der Waals surface area contributed by atoms with Gasteiger partial charge in [0.15, 0.2) is 0 Å². The molecule has 1 rings (SSSR count). The normalized spacial score (nSPS) is 22.1. The van der Waals surface area contributed by atoms with Crippen molar-refractivity contribution >= 4 is 11.9 Å². The Balaban J connectivity index is 2.79. The Bertz CT molecular complexity index is 349. The van der Waals surface area contributed by atoms with E-state index in [0.717, 1.165) is 32.4 Å². The first-order chi connectivity index (χ1) is 9.95. The predicted octanol–water partition coefficient (Wildman–Crippen LogP) is 1.81. The van der Waals surface area contributed by atoms with Gasteiger partial charge in [0.25, 0.3) is 0 Å². The second-order valence-corrected chi connectivity index (χ2v) is 6.39. The zero-order valence-electron chi connectivity index (χ0n) is 13.9. The lowest BCUT2D eigenvalue weighted by atomic mass is 9.77. The van der Waals surface area contributed by atoms with Gasteiger partial charge >= 0.3 is 5.97 Å². The Morgan fingerprint density at radius 2 is 2.10 bits per heavy atom. The van der Waals surface area contributed by atoms with E-state index in [1.807, 2.05) is 4.90 Å². The Labute approximate surface area is 128 Å². The predicted molar refractivity (Wildman–Crippen MR) is 82.9 cm³/mol. The number of rotatable bonds is 7. The maximum atomic E-state index is 13.0. The van der Waals surface area contributed by atoms with E-state index < -0.39 is 0 Å². The molecule has 122 valence electrons. The van der Waals surface area contributed by atoms with E-state index in [1.54, 1.807) is 0 Å². The highest BCUT2D eigenvalue weighted by Gasteiger charge is 2.40. The first-order valence-electron chi connectivity index (χ1n) is 8.02. The molecule has 1 amide bonds. The van der Waals surface area contributed by atoms with Gasteiger partial charge in [-0.1, -0.05) is 20.8 Å². The van der Waals surface area contributed by atoms with Crippen molar-refractivity contribution in [2.75, 3.05) is 33.3 Å². The van der Waals surface area contributed by atoms with Crippen molar-refractivity contribution in [2.24, 2.45) is 11.3 Å². The van der Waals surface area contributed by atoms with E-state index in [-0.39, 0.29) is 23.7 Å². The number of ether oxygens (including phenoxy) is 1. The van der Waals surface area contributed by atoms with Gasteiger partial charge in [0, 0.05) is 19.6 Å². The summed E-state index contributed by atoms with van der Waals surface area (Å²) in [5, 5.41) is 3.35. The van der Waals surface area contributed by atoms with E-state index >= 15 is 0 Å². The molecule has 0 spiro atoms. The third kappa shape index (κ3) is 4.99. The minimum Gasteiger partial charge on any atom is -0.469 e. The van der Waals surface area contributed by atoms with Gasteiger partial charge in [-0.2, -0.15) is 0 Å². The van der Waals surface area contributed by atoms with Crippen molar-refractivity contribution in [3.05, 3.63) is 0 Å². The minimum absolute atomic E-state index is 0.190. The molecule has 0 aromatic heterocycles. The average molecular weight is 298 g/mol. The lowest BCUT2D eigenvalue weighted by Gasteiger charge is -2.40. The Morgan fingerprint density at radius 1 is 1.38 bits per heavy atom. The van der Waals surface area contributed by atoms with Gasteiger partial charge in [0.05, 0.1) is 18.9 Å². The molecule has 1 aliphatic heterocycles. The van der Waals surface area contributed by atoms with Gasteiger partial charge in [-0.3, -0.25) is 9.59 Å². The summed E-state index contributed by atoms with van der Waals surface area (Å²) in [4.78, 5) is 26.3. The summed E-state index contributed by atoms with van der Waals surface area (Å²) in [6.45, 7) is 9.14. The average Bonchev–Trinajstić information content (AvgIpc) is 2.50. The van der Waals surface area contributed by atoms with E-state index in [9.17, 15) is 9.59 Å². The minimum atomic E-state index is -0.302. The van der Waals surface area contributed by atoms with Crippen LogP contribution in [0.15, 0.2) is 0 Å². The fourth-order valence-corrected chi connectivity index (χ4v) is 2.98. The summed E-state index contributed by atoms with van der Waals surface area (Å²) in [7, 11) is 1.38. The molecular weight excluding hydrogens is 268 g/mol. The largest absolute Gasteiger partial charge is 0.469 e. The SMILES string of the molecule is CCC1(C(=O)N(CCC(=O)OC)CC(C)C)CCCNC1. The first kappa shape index (κ1) is 18.0. The van der Waals surface area contributed by atoms with Crippen molar-refractivity contribution in [1.82, 2.24) is 10.2 Å². The van der Waals surface area contributed by atoms with Crippen molar-refractivity contribution in [3.63, 3.8) is 0 Å². The molecule has 1 fully saturated rings. The van der Waals surface area contributed by atoms with E-state index in [2.05, 4.69) is 26.1 Å². The van der Waals surface area contributed by atoms with Crippen LogP contribution in [0, 0.1) is 11.3 Å². The second kappa shape index (κ2) is 8.37. The van der Waals surface area contributed by atoms with Crippen LogP contribution in [0.3, 0.4) is 0 Å². The fraction of sp³-hybridized carbons (Fsp3) is 0.875. The Hall–Kier alpha value is -1.10. The molecule has 0 saturated carbocycles. The molecule has 0 aromatic rings. The van der Waals surface area contributed by atoms with Gasteiger partial charge in [-0.15, -0.1) is 0 Å². The molecule has 0 aliphatic carbocycles. The van der Waals surface area contributed by atoms with Gasteiger partial charge in [-0.05, 0) is 31.7 Å². The summed E-state index contributed by atoms with van der Waals surface area (Å²) in [5.41, 5.74) is -0.302. The number of amides is 1. The molecule has 21 heavy (non-hydrogen) atoms. The summed E-state index contributed by atoms with van der Waals surface area (Å²) < 4.78 is 4.69. The van der Waals surface area contributed by atoms with Gasteiger partial charge < -0.3 is 15.0 Å². The van der Waals surface area contributed by atoms with Crippen LogP contribution >= 0.6 is 0 Å². The number of esters is 1. The Morgan fingerprint density at radius 3 is 2.57 bits per heavy atom. The number of nitrogens with one attached hydrogen (secondary N) is 1. The molecule has 1 aliphatic rings. The fourth-order valence-electron chi connectivity index (χ4n) is 2.98. The molecule has 0 bridgehead atoms. The molecule has 1 saturated heterocycles. The third-order valence-corrected chi connectivity index (χ3v) is 4.29. The van der Waals surface area contributed by atoms with Gasteiger partial charge in [-0.25, -0.2) is 0 Å². The number of carbonyl (C=O) groups excluding carboxylic acids is 2. The molecule has 5 nitrogen and oxygen atoms in total. The topological polar surface area (TPSA) is 58.6 Å². The van der Waals surface area contributed by atoms with Crippen LogP contribution in [0.4, 0.5) is 0 Å². The molecule has 0 radical (unpaired) electrons. The van der Waals surface area contributed by atoms with E-state index in [4.69, 9.17) is 4.74 Å². The summed E-state index contributed by atoms with van der Waals surface area (Å²) in [6.07, 6.45) is 3.07. The highest BCUT2D eigenvalue weighted by molar-refractivity contribution is 5.83. The molecule has 5 heteroatoms. The standard InChI is InChI=1S/C16H30N2O3/c1-5-16(8-6-9-17-12-16)15(20)18(11-13(2)3)10-7-14(19)21-4/h13,17H,5-12H2,1-4H3. The lowest BCUT2D eigenvalue weighted by Crippen LogP contribution is -2.52. The summed E-state index contributed by atoms with van der Waals surface area (Å²) in [6, 6.07) is 0. The molecule has 1 unspecified atom stereocenters. The number of carbonyl (C=O) groups is 2. The van der Waals surface area contributed by atoms with Crippen molar-refractivity contribution in [2.45, 2.75) is 46.5 Å². The summed E-state index contributed by atoms with van der Waals surface area (Å²) >= 11 is 0. The molecule has 1 N–H and O–H groups in total. The van der Waals surface area contributed by atoms with Crippen LogP contribution in [-0.2, 0) is 14.3 Å². The quantitative estimate of drug-likeness (QED) is 0.728. The molecular formula is C16H30N2O3. The van der Waals surface area contributed by atoms with Gasteiger partial charge in [0.1, 0.15) is 0 Å². The van der Waals surface area contributed by atoms with Crippen LogP contribution < -0.4 is 5.32 Å². The highest BCUT2D eigenvalue weighted by Crippen LogP contribution is 2.32. The lowest BCUT2D eigenvalue weighted by molar-refractivity contribution is -0.146. The number of hydrogen-bond donors (Lipinski definition) is 1. The number of piperidine rings is 1. The highest BCUT2D eigenvalue weighted by atomic mass is 16.5. The Kier molecular flexibility index (Phi) is 7.15. The van der Waals surface area contributed by atoms with Gasteiger partial charge in [0.2, 0.25) is 5.91 Å². The van der Waals surface area contributed by atoms with Crippen molar-refractivity contribution < 1.29 is 14.3 Å². The zero-order chi connectivity index (χ0) is 15.9. The molecule has 1 heterocycles. The smallest absolute Gasteiger partial charge is 0.307 e. The molecule has 0 aromatic carbocycles. The zero-order valence-corrected chi connectivity index (χ0v) is 13.9. The van der Waals surface area contributed by atoms with Crippen LogP contribution in [0.1, 0.15) is 46.5 Å². The number of nitrogens with zero attached hydrogens (tertiary/aromatic N) is 1. The number of hydrogen-bond acceptors (Lipinski definition) is 4. The first-order valence-corrected chi connectivity index (χ1v) is 8.02. The number of methoxy groups -OCH3 is 1. The second-order valence-electron chi connectivity index (χ2n) is 6.39.